The summed E-state index contributed by atoms with van der Waals surface area (Å²) in [6.07, 6.45) is 0. The Hall–Kier alpha value is -4.88. The van der Waals surface area contributed by atoms with Gasteiger partial charge in [0.2, 0.25) is 0 Å². The number of fused-ring (bicyclic) bond motifs is 13. The summed E-state index contributed by atoms with van der Waals surface area (Å²) in [6.45, 7) is 0. The van der Waals surface area contributed by atoms with Crippen molar-refractivity contribution in [2.24, 2.45) is 0 Å². The van der Waals surface area contributed by atoms with Gasteiger partial charge in [-0.2, -0.15) is 0 Å². The van der Waals surface area contributed by atoms with E-state index in [0.29, 0.717) is 0 Å². The molecule has 0 spiro atoms. The third kappa shape index (κ3) is 2.90. The molecule has 13 rings (SSSR count). The zero-order chi connectivity index (χ0) is 29.4. The summed E-state index contributed by atoms with van der Waals surface area (Å²) < 4.78 is 0. The van der Waals surface area contributed by atoms with E-state index in [1.807, 2.05) is 0 Å². The molecular weight excluding hydrogens is 653 g/mol. The van der Waals surface area contributed by atoms with Gasteiger partial charge in [0.25, 0.3) is 0 Å². The van der Waals surface area contributed by atoms with Crippen LogP contribution in [0.15, 0.2) is 133 Å². The van der Waals surface area contributed by atoms with E-state index in [-0.39, 0.29) is 40.1 Å². The molecule has 0 aliphatic heterocycles. The Morgan fingerprint density at radius 3 is 1.23 bits per heavy atom. The number of hydrogen-bond acceptors (Lipinski definition) is 0. The van der Waals surface area contributed by atoms with E-state index >= 15 is 0 Å². The molecule has 0 bridgehead atoms. The third-order valence-electron chi connectivity index (χ3n) is 11.6. The fourth-order valence-corrected chi connectivity index (χ4v) is 9.84. The van der Waals surface area contributed by atoms with Crippen molar-refractivity contribution < 1.29 is 32.7 Å². The van der Waals surface area contributed by atoms with E-state index in [0.717, 1.165) is 0 Å². The fourth-order valence-electron chi connectivity index (χ4n) is 9.84. The van der Waals surface area contributed by atoms with Gasteiger partial charge in [0.15, 0.2) is 0 Å². The molecule has 0 nitrogen and oxygen atoms in total. The summed E-state index contributed by atoms with van der Waals surface area (Å²) in [5.41, 5.74) is 5.45. The fraction of sp³-hybridized carbons (Fsp3) is 0.0213. The van der Waals surface area contributed by atoms with Crippen LogP contribution in [0.2, 0.25) is 0 Å². The van der Waals surface area contributed by atoms with Gasteiger partial charge in [-0.1, -0.05) is 123 Å². The van der Waals surface area contributed by atoms with Crippen LogP contribution in [0, 0.1) is 0 Å². The molecule has 1 aliphatic rings. The molecule has 0 N–H and O–H groups in total. The van der Waals surface area contributed by atoms with Gasteiger partial charge in [0.05, 0.1) is 0 Å². The van der Waals surface area contributed by atoms with E-state index in [2.05, 4.69) is 133 Å². The molecular formula is C47H26Y. The van der Waals surface area contributed by atoms with Gasteiger partial charge >= 0.3 is 0 Å². The number of benzene rings is 10. The van der Waals surface area contributed by atoms with Crippen LogP contribution in [0.25, 0.3) is 130 Å². The van der Waals surface area contributed by atoms with Crippen molar-refractivity contribution in [3.63, 3.8) is 0 Å². The first-order valence-corrected chi connectivity index (χ1v) is 16.3. The van der Waals surface area contributed by atoms with Crippen LogP contribution in [-0.4, -0.2) is 0 Å². The van der Waals surface area contributed by atoms with Crippen LogP contribution in [0.4, 0.5) is 0 Å². The SMILES string of the molecule is C.[Y].c1ccc2c(c1)-c1ccc3c4ccc5c6cc7cc8c9ccccc9c9cccc(c7cc6c6ccc(c7ccc-2c1c37)c4c56)c98. The Bertz CT molecular complexity index is 3270. The Morgan fingerprint density at radius 2 is 0.625 bits per heavy atom. The summed E-state index contributed by atoms with van der Waals surface area (Å²) in [7, 11) is 0. The second kappa shape index (κ2) is 8.97. The van der Waals surface area contributed by atoms with E-state index in [1.165, 1.54) is 130 Å². The van der Waals surface area contributed by atoms with Gasteiger partial charge in [-0.15, -0.1) is 0 Å². The minimum atomic E-state index is 0. The predicted octanol–water partition coefficient (Wildman–Crippen LogP) is 13.8. The number of hydrogen-bond donors (Lipinski definition) is 0. The second-order valence-electron chi connectivity index (χ2n) is 13.5. The minimum absolute atomic E-state index is 0. The van der Waals surface area contributed by atoms with Crippen LogP contribution in [-0.2, 0) is 32.7 Å². The molecule has 1 aliphatic carbocycles. The van der Waals surface area contributed by atoms with Gasteiger partial charge in [-0.05, 0) is 148 Å². The van der Waals surface area contributed by atoms with E-state index < -0.39 is 0 Å². The van der Waals surface area contributed by atoms with E-state index in [1.54, 1.807) is 0 Å². The molecule has 12 aromatic rings. The van der Waals surface area contributed by atoms with Gasteiger partial charge < -0.3 is 0 Å². The first kappa shape index (κ1) is 27.1. The average molecular weight is 680 g/mol. The van der Waals surface area contributed by atoms with Crippen LogP contribution in [0.5, 0.6) is 0 Å². The maximum Gasteiger partial charge on any atom is 0 e. The minimum Gasteiger partial charge on any atom is -0.0776 e. The second-order valence-corrected chi connectivity index (χ2v) is 13.5. The van der Waals surface area contributed by atoms with Crippen molar-refractivity contribution in [1.82, 2.24) is 0 Å². The van der Waals surface area contributed by atoms with Gasteiger partial charge in [-0.25, -0.2) is 0 Å². The van der Waals surface area contributed by atoms with Crippen LogP contribution >= 0.6 is 0 Å². The van der Waals surface area contributed by atoms with Crippen molar-refractivity contribution in [2.75, 3.05) is 0 Å². The van der Waals surface area contributed by atoms with Gasteiger partial charge in [-0.3, -0.25) is 0 Å². The topological polar surface area (TPSA) is 0 Å². The Morgan fingerprint density at radius 1 is 0.229 bits per heavy atom. The predicted molar refractivity (Wildman–Crippen MR) is 206 cm³/mol. The molecule has 217 valence electrons. The smallest absolute Gasteiger partial charge is 0 e. The van der Waals surface area contributed by atoms with Gasteiger partial charge in [0, 0.05) is 32.7 Å². The van der Waals surface area contributed by atoms with Gasteiger partial charge in [0.1, 0.15) is 0 Å². The third-order valence-corrected chi connectivity index (χ3v) is 11.6. The summed E-state index contributed by atoms with van der Waals surface area (Å²) in [6, 6.07) is 51.2. The summed E-state index contributed by atoms with van der Waals surface area (Å²) in [5, 5.41) is 27.4. The van der Waals surface area contributed by atoms with Crippen LogP contribution in [0.3, 0.4) is 0 Å². The molecule has 0 saturated carbocycles. The van der Waals surface area contributed by atoms with Crippen molar-refractivity contribution in [2.45, 2.75) is 7.43 Å². The summed E-state index contributed by atoms with van der Waals surface area (Å²) >= 11 is 0. The monoisotopic (exact) mass is 679 g/mol. The maximum atomic E-state index is 2.49. The molecule has 12 aromatic carbocycles. The van der Waals surface area contributed by atoms with E-state index in [9.17, 15) is 0 Å². The Kier molecular flexibility index (Phi) is 5.07. The molecule has 1 heteroatoms. The molecule has 0 amide bonds. The molecule has 0 aromatic heterocycles. The molecule has 0 heterocycles. The normalized spacial score (nSPS) is 12.7. The molecule has 0 atom stereocenters. The maximum absolute atomic E-state index is 2.49. The molecule has 48 heavy (non-hydrogen) atoms. The van der Waals surface area contributed by atoms with Crippen molar-refractivity contribution in [1.29, 1.82) is 0 Å². The quantitative estimate of drug-likeness (QED) is 0.111. The van der Waals surface area contributed by atoms with Crippen molar-refractivity contribution >= 4 is 108 Å². The Labute approximate surface area is 301 Å². The molecule has 0 saturated heterocycles. The van der Waals surface area contributed by atoms with Crippen molar-refractivity contribution in [3.05, 3.63) is 133 Å². The van der Waals surface area contributed by atoms with Crippen molar-refractivity contribution in [3.8, 4) is 22.3 Å². The zero-order valence-electron chi connectivity index (χ0n) is 25.3. The number of rotatable bonds is 0. The van der Waals surface area contributed by atoms with Crippen LogP contribution in [0.1, 0.15) is 7.43 Å². The zero-order valence-corrected chi connectivity index (χ0v) is 28.1. The average Bonchev–Trinajstić information content (AvgIpc) is 3.73. The molecule has 1 radical (unpaired) electrons. The van der Waals surface area contributed by atoms with Crippen LogP contribution < -0.4 is 0 Å². The molecule has 0 fully saturated rings. The standard InChI is InChI=1S/C46H22.CH4.Y/c1-2-7-25-24(6-1)30-12-14-32-34-16-18-36-39-20-23-21-41-27-9-4-3-8-26(27)28-10-5-11-29(42(28)41)38(23)22-40(39)37-19-17-35(45(34)46(36)37)33-15-13-31(25)43(30)44(32)33;;/h1-22H;1H4;. The molecule has 0 unspecified atom stereocenters. The largest absolute Gasteiger partial charge is 0.0776 e. The summed E-state index contributed by atoms with van der Waals surface area (Å²) in [4.78, 5) is 0. The first-order valence-electron chi connectivity index (χ1n) is 16.3. The van der Waals surface area contributed by atoms with E-state index in [4.69, 9.17) is 0 Å². The summed E-state index contributed by atoms with van der Waals surface area (Å²) in [5.74, 6) is 0. The Balaban J connectivity index is 0.00000140. The first-order chi connectivity index (χ1) is 22.8.